The van der Waals surface area contributed by atoms with Crippen LogP contribution in [-0.4, -0.2) is 17.1 Å². The smallest absolute Gasteiger partial charge is 0.307 e. The van der Waals surface area contributed by atoms with Gasteiger partial charge in [0.05, 0.1) is 6.42 Å². The lowest BCUT2D eigenvalue weighted by Gasteiger charge is -2.13. The van der Waals surface area contributed by atoms with E-state index in [2.05, 4.69) is 31.3 Å². The molecule has 2 N–H and O–H groups in total. The van der Waals surface area contributed by atoms with Gasteiger partial charge in [-0.3, -0.25) is 4.79 Å². The van der Waals surface area contributed by atoms with Crippen LogP contribution in [0.4, 0.5) is 0 Å². The summed E-state index contributed by atoms with van der Waals surface area (Å²) in [6, 6.07) is 12.5. The van der Waals surface area contributed by atoms with E-state index in [4.69, 9.17) is 5.11 Å². The van der Waals surface area contributed by atoms with Gasteiger partial charge in [-0.15, -0.1) is 11.3 Å². The Morgan fingerprint density at radius 2 is 1.86 bits per heavy atom. The van der Waals surface area contributed by atoms with Crippen LogP contribution in [0.2, 0.25) is 0 Å². The minimum atomic E-state index is -0.791. The van der Waals surface area contributed by atoms with E-state index in [1.807, 2.05) is 35.6 Å². The van der Waals surface area contributed by atoms with Crippen molar-refractivity contribution in [3.8, 4) is 0 Å². The largest absolute Gasteiger partial charge is 0.481 e. The van der Waals surface area contributed by atoms with Gasteiger partial charge in [-0.05, 0) is 43.5 Å². The van der Waals surface area contributed by atoms with Crippen LogP contribution in [0, 0.1) is 6.92 Å². The van der Waals surface area contributed by atoms with Crippen molar-refractivity contribution >= 4 is 17.3 Å². The first kappa shape index (κ1) is 15.7. The molecule has 0 saturated heterocycles. The molecule has 0 saturated carbocycles. The van der Waals surface area contributed by atoms with Crippen molar-refractivity contribution in [1.82, 2.24) is 5.32 Å². The summed E-state index contributed by atoms with van der Waals surface area (Å²) in [6.07, 6.45) is 1.12. The molecule has 0 fully saturated rings. The van der Waals surface area contributed by atoms with Crippen LogP contribution in [0.1, 0.15) is 27.8 Å². The topological polar surface area (TPSA) is 49.3 Å². The quantitative estimate of drug-likeness (QED) is 0.824. The molecular formula is C17H21NO2S. The number of rotatable bonds is 7. The summed E-state index contributed by atoms with van der Waals surface area (Å²) in [7, 11) is 0. The van der Waals surface area contributed by atoms with Gasteiger partial charge < -0.3 is 10.4 Å². The monoisotopic (exact) mass is 303 g/mol. The Kier molecular flexibility index (Phi) is 5.53. The average Bonchev–Trinajstić information content (AvgIpc) is 2.83. The Morgan fingerprint density at radius 1 is 1.19 bits per heavy atom. The fourth-order valence-electron chi connectivity index (χ4n) is 2.21. The van der Waals surface area contributed by atoms with Crippen LogP contribution in [0.5, 0.6) is 0 Å². The fraction of sp³-hybridized carbons (Fsp3) is 0.353. The van der Waals surface area contributed by atoms with Crippen molar-refractivity contribution in [2.24, 2.45) is 0 Å². The van der Waals surface area contributed by atoms with E-state index in [0.717, 1.165) is 18.5 Å². The van der Waals surface area contributed by atoms with E-state index in [1.165, 1.54) is 15.3 Å². The molecule has 0 spiro atoms. The van der Waals surface area contributed by atoms with Gasteiger partial charge in [0.25, 0.3) is 0 Å². The second kappa shape index (κ2) is 7.38. The first-order chi connectivity index (χ1) is 10.0. The number of benzene rings is 1. The van der Waals surface area contributed by atoms with Gasteiger partial charge in [-0.25, -0.2) is 0 Å². The number of hydrogen-bond donors (Lipinski definition) is 2. The average molecular weight is 303 g/mol. The van der Waals surface area contributed by atoms with Gasteiger partial charge in [0.1, 0.15) is 0 Å². The molecular weight excluding hydrogens is 282 g/mol. The fourth-order valence-corrected chi connectivity index (χ4v) is 3.23. The van der Waals surface area contributed by atoms with Gasteiger partial charge in [0, 0.05) is 22.3 Å². The molecule has 0 aliphatic rings. The third-order valence-corrected chi connectivity index (χ3v) is 4.36. The van der Waals surface area contributed by atoms with Crippen LogP contribution in [0.3, 0.4) is 0 Å². The molecule has 4 heteroatoms. The lowest BCUT2D eigenvalue weighted by atomic mass is 10.1. The number of carboxylic acid groups (broad SMARTS) is 1. The van der Waals surface area contributed by atoms with E-state index in [0.29, 0.717) is 6.04 Å². The lowest BCUT2D eigenvalue weighted by Crippen LogP contribution is -2.27. The van der Waals surface area contributed by atoms with Crippen LogP contribution >= 0.6 is 11.3 Å². The maximum Gasteiger partial charge on any atom is 0.307 e. The molecule has 1 atom stereocenters. The van der Waals surface area contributed by atoms with Gasteiger partial charge in [0.15, 0.2) is 0 Å². The van der Waals surface area contributed by atoms with Gasteiger partial charge >= 0.3 is 5.97 Å². The van der Waals surface area contributed by atoms with E-state index in [1.54, 1.807) is 0 Å². The standard InChI is InChI=1S/C17H21NO2S/c1-12(9-16-8-3-13(2)21-16)18-11-15-6-4-14(5-7-15)10-17(19)20/h3-8,12,18H,9-11H2,1-2H3,(H,19,20). The van der Waals surface area contributed by atoms with Crippen molar-refractivity contribution in [2.75, 3.05) is 0 Å². The zero-order valence-corrected chi connectivity index (χ0v) is 13.2. The van der Waals surface area contributed by atoms with Crippen LogP contribution < -0.4 is 5.32 Å². The Hall–Kier alpha value is -1.65. The summed E-state index contributed by atoms with van der Waals surface area (Å²) in [6.45, 7) is 5.12. The highest BCUT2D eigenvalue weighted by atomic mass is 32.1. The summed E-state index contributed by atoms with van der Waals surface area (Å²) in [5.41, 5.74) is 2.02. The van der Waals surface area contributed by atoms with Crippen molar-refractivity contribution < 1.29 is 9.90 Å². The minimum Gasteiger partial charge on any atom is -0.481 e. The van der Waals surface area contributed by atoms with Crippen molar-refractivity contribution in [3.05, 3.63) is 57.3 Å². The van der Waals surface area contributed by atoms with E-state index < -0.39 is 5.97 Å². The highest BCUT2D eigenvalue weighted by Crippen LogP contribution is 2.16. The summed E-state index contributed by atoms with van der Waals surface area (Å²) >= 11 is 1.85. The number of aryl methyl sites for hydroxylation is 1. The van der Waals surface area contributed by atoms with Crippen molar-refractivity contribution in [2.45, 2.75) is 39.3 Å². The van der Waals surface area contributed by atoms with Crippen LogP contribution in [-0.2, 0) is 24.2 Å². The zero-order valence-electron chi connectivity index (χ0n) is 12.4. The molecule has 3 nitrogen and oxygen atoms in total. The molecule has 0 radical (unpaired) electrons. The number of hydrogen-bond acceptors (Lipinski definition) is 3. The molecule has 1 aromatic carbocycles. The molecule has 0 aliphatic carbocycles. The molecule has 0 bridgehead atoms. The van der Waals surface area contributed by atoms with E-state index in [9.17, 15) is 4.79 Å². The molecule has 0 amide bonds. The minimum absolute atomic E-state index is 0.0852. The third-order valence-electron chi connectivity index (χ3n) is 3.34. The first-order valence-electron chi connectivity index (χ1n) is 7.11. The molecule has 21 heavy (non-hydrogen) atoms. The molecule has 1 heterocycles. The molecule has 2 aromatic rings. The maximum atomic E-state index is 10.6. The lowest BCUT2D eigenvalue weighted by molar-refractivity contribution is -0.136. The Balaban J connectivity index is 1.80. The Bertz CT molecular complexity index is 589. The highest BCUT2D eigenvalue weighted by molar-refractivity contribution is 7.11. The number of carboxylic acids is 1. The third kappa shape index (κ3) is 5.33. The normalized spacial score (nSPS) is 12.3. The van der Waals surface area contributed by atoms with Crippen LogP contribution in [0.25, 0.3) is 0 Å². The summed E-state index contributed by atoms with van der Waals surface area (Å²) in [5.74, 6) is -0.791. The van der Waals surface area contributed by atoms with E-state index in [-0.39, 0.29) is 6.42 Å². The van der Waals surface area contributed by atoms with Crippen molar-refractivity contribution in [3.63, 3.8) is 0 Å². The first-order valence-corrected chi connectivity index (χ1v) is 7.93. The predicted molar refractivity (Wildman–Crippen MR) is 86.8 cm³/mol. The SMILES string of the molecule is Cc1ccc(CC(C)NCc2ccc(CC(=O)O)cc2)s1. The number of nitrogens with one attached hydrogen (secondary N) is 1. The predicted octanol–water partition coefficient (Wildman–Crippen LogP) is 3.40. The number of thiophene rings is 1. The van der Waals surface area contributed by atoms with Gasteiger partial charge in [-0.2, -0.15) is 0 Å². The van der Waals surface area contributed by atoms with E-state index >= 15 is 0 Å². The molecule has 1 unspecified atom stereocenters. The summed E-state index contributed by atoms with van der Waals surface area (Å²) < 4.78 is 0. The number of carbonyl (C=O) groups is 1. The molecule has 112 valence electrons. The summed E-state index contributed by atoms with van der Waals surface area (Å²) in [4.78, 5) is 13.4. The summed E-state index contributed by atoms with van der Waals surface area (Å²) in [5, 5.41) is 12.3. The van der Waals surface area contributed by atoms with Crippen LogP contribution in [0.15, 0.2) is 36.4 Å². The molecule has 0 aliphatic heterocycles. The van der Waals surface area contributed by atoms with Gasteiger partial charge in [0.2, 0.25) is 0 Å². The molecule has 1 aromatic heterocycles. The van der Waals surface area contributed by atoms with Gasteiger partial charge in [-0.1, -0.05) is 24.3 Å². The second-order valence-corrected chi connectivity index (χ2v) is 6.76. The highest BCUT2D eigenvalue weighted by Gasteiger charge is 2.05. The second-order valence-electron chi connectivity index (χ2n) is 5.39. The Labute approximate surface area is 129 Å². The molecule has 2 rings (SSSR count). The van der Waals surface area contributed by atoms with Crippen molar-refractivity contribution in [1.29, 1.82) is 0 Å². The maximum absolute atomic E-state index is 10.6. The zero-order chi connectivity index (χ0) is 15.2. The number of aliphatic carboxylic acids is 1. The Morgan fingerprint density at radius 3 is 2.43 bits per heavy atom.